The van der Waals surface area contributed by atoms with Crippen LogP contribution in [-0.2, 0) is 0 Å². The van der Waals surface area contributed by atoms with E-state index in [2.05, 4.69) is 13.8 Å². The molecule has 0 radical (unpaired) electrons. The minimum Gasteiger partial charge on any atom is -1.00 e. The summed E-state index contributed by atoms with van der Waals surface area (Å²) in [7, 11) is 0. The smallest absolute Gasteiger partial charge is 0.0773 e. The lowest BCUT2D eigenvalue weighted by Gasteiger charge is -2.29. The van der Waals surface area contributed by atoms with E-state index in [9.17, 15) is 0 Å². The lowest BCUT2D eigenvalue weighted by atomic mass is 9.92. The average molecular weight is 259 g/mol. The molecule has 0 aromatic carbocycles. The van der Waals surface area contributed by atoms with Crippen LogP contribution in [-0.4, -0.2) is 19.6 Å². The van der Waals surface area contributed by atoms with Gasteiger partial charge in [-0.2, -0.15) is 0 Å². The van der Waals surface area contributed by atoms with Crippen LogP contribution in [0, 0.1) is 5.92 Å². The van der Waals surface area contributed by atoms with Crippen molar-refractivity contribution < 1.29 is 9.60 Å². The Balaban J connectivity index is 0.00000289. The van der Waals surface area contributed by atoms with Gasteiger partial charge in [0.05, 0.1) is 19.6 Å². The number of hydrogen-bond acceptors (Lipinski definition) is 0. The number of halogens is 1. The van der Waals surface area contributed by atoms with Gasteiger partial charge in [-0.05, 0) is 31.6 Å². The van der Waals surface area contributed by atoms with Crippen molar-refractivity contribution in [1.29, 1.82) is 0 Å². The predicted octanol–water partition coefficient (Wildman–Crippen LogP) is 0.446. The van der Waals surface area contributed by atoms with Crippen molar-refractivity contribution in [3.63, 3.8) is 0 Å². The second-order valence-electron chi connectivity index (χ2n) is 6.00. The Hall–Kier alpha value is -0.110. The summed E-state index contributed by atoms with van der Waals surface area (Å²) in [6.07, 6.45) is 14.6. The maximum absolute atomic E-state index is 2.33. The molecule has 1 aliphatic heterocycles. The van der Waals surface area contributed by atoms with Gasteiger partial charge in [0.15, 0.2) is 0 Å². The summed E-state index contributed by atoms with van der Waals surface area (Å²) in [6, 6.07) is 0. The Labute approximate surface area is 114 Å². The molecule has 0 aromatic rings. The molecule has 0 atom stereocenters. The van der Waals surface area contributed by atoms with E-state index >= 15 is 0 Å². The van der Waals surface area contributed by atoms with Gasteiger partial charge < -0.3 is 9.60 Å². The first-order chi connectivity index (χ1) is 8.36. The van der Waals surface area contributed by atoms with Gasteiger partial charge in [-0.3, -0.25) is 0 Å². The summed E-state index contributed by atoms with van der Waals surface area (Å²) >= 11 is 0. The molecule has 1 N–H and O–H groups in total. The monoisotopic (exact) mass is 259 g/mol. The largest absolute Gasteiger partial charge is 1.00 e. The number of likely N-dealkylation sites (tertiary alicyclic amines) is 1. The Bertz CT molecular complexity index is 164. The molecule has 0 amide bonds. The van der Waals surface area contributed by atoms with E-state index in [1.165, 1.54) is 83.8 Å². The van der Waals surface area contributed by atoms with Crippen molar-refractivity contribution in [1.82, 2.24) is 0 Å². The van der Waals surface area contributed by atoms with Crippen LogP contribution in [0.5, 0.6) is 0 Å². The van der Waals surface area contributed by atoms with Crippen molar-refractivity contribution in [2.45, 2.75) is 78.1 Å². The van der Waals surface area contributed by atoms with Crippen LogP contribution < -0.4 is 9.60 Å². The summed E-state index contributed by atoms with van der Waals surface area (Å²) in [4.78, 5) is 1.90. The van der Waals surface area contributed by atoms with Gasteiger partial charge in [-0.25, -0.2) is 0 Å². The fraction of sp³-hybridized carbons (Fsp3) is 1.00. The Morgan fingerprint density at radius 3 is 2.06 bits per heavy atom. The molecule has 0 saturated carbocycles. The zero-order chi connectivity index (χ0) is 12.3. The predicted molar refractivity (Wildman–Crippen MR) is 76.6 cm³/mol. The zero-order valence-corrected chi connectivity index (χ0v) is 12.6. The molecule has 18 heavy (non-hydrogen) atoms. The van der Waals surface area contributed by atoms with Gasteiger partial charge in [-0.1, -0.05) is 52.4 Å². The highest BCUT2D eigenvalue weighted by Gasteiger charge is 2.20. The molecule has 1 fully saturated rings. The summed E-state index contributed by atoms with van der Waals surface area (Å²) in [5.41, 5.74) is 0. The van der Waals surface area contributed by atoms with Crippen LogP contribution in [0.15, 0.2) is 0 Å². The van der Waals surface area contributed by atoms with Crippen molar-refractivity contribution >= 4 is 0 Å². The minimum atomic E-state index is 0. The average Bonchev–Trinajstić information content (AvgIpc) is 2.36. The minimum absolute atomic E-state index is 0. The van der Waals surface area contributed by atoms with Crippen molar-refractivity contribution in [2.75, 3.05) is 19.6 Å². The van der Waals surface area contributed by atoms with E-state index < -0.39 is 0 Å². The van der Waals surface area contributed by atoms with Crippen LogP contribution in [0.2, 0.25) is 0 Å². The van der Waals surface area contributed by atoms with Crippen molar-refractivity contribution in [3.8, 4) is 0 Å². The molecule has 1 rings (SSSR count). The van der Waals surface area contributed by atoms with Gasteiger partial charge in [0.2, 0.25) is 0 Å². The second kappa shape index (κ2) is 12.0. The lowest BCUT2D eigenvalue weighted by Crippen LogP contribution is -3.13. The van der Waals surface area contributed by atoms with Crippen molar-refractivity contribution in [2.24, 2.45) is 5.92 Å². The zero-order valence-electron chi connectivity index (χ0n) is 12.6. The van der Waals surface area contributed by atoms with E-state index in [0.717, 1.165) is 5.92 Å². The third-order valence-electron chi connectivity index (χ3n) is 4.39. The fourth-order valence-electron chi connectivity index (χ4n) is 3.19. The molecule has 0 unspecified atom stereocenters. The number of nitrogens with one attached hydrogen (secondary N) is 1. The first-order valence-electron chi connectivity index (χ1n) is 8.20. The molecule has 110 valence electrons. The Morgan fingerprint density at radius 2 is 1.44 bits per heavy atom. The van der Waals surface area contributed by atoms with E-state index in [-0.39, 0.29) is 4.70 Å². The standard InChI is InChI=1S/C16H33N.FH/c1-3-5-6-7-8-9-13-17-14-11-16(10-4-2)12-15-17;/h16H,3-15H2,1-2H3;1H. The van der Waals surface area contributed by atoms with E-state index in [4.69, 9.17) is 0 Å². The molecule has 1 saturated heterocycles. The summed E-state index contributed by atoms with van der Waals surface area (Å²) in [5.74, 6) is 1.06. The molecule has 0 spiro atoms. The van der Waals surface area contributed by atoms with Crippen LogP contribution in [0.25, 0.3) is 0 Å². The molecule has 0 aliphatic carbocycles. The molecule has 1 heterocycles. The molecule has 1 nitrogen and oxygen atoms in total. The molecule has 0 aromatic heterocycles. The maximum Gasteiger partial charge on any atom is 0.0773 e. The maximum atomic E-state index is 2.33. The number of quaternary nitrogens is 1. The van der Waals surface area contributed by atoms with Gasteiger partial charge in [0.25, 0.3) is 0 Å². The third-order valence-corrected chi connectivity index (χ3v) is 4.39. The molecular weight excluding hydrogens is 225 g/mol. The first-order valence-corrected chi connectivity index (χ1v) is 8.20. The fourth-order valence-corrected chi connectivity index (χ4v) is 3.19. The SMILES string of the molecule is CCCCCCCC[NH+]1CCC(CCC)CC1.[F-]. The molecular formula is C16H34FN. The van der Waals surface area contributed by atoms with Gasteiger partial charge in [0.1, 0.15) is 0 Å². The molecule has 2 heteroatoms. The van der Waals surface area contributed by atoms with Crippen LogP contribution in [0.1, 0.15) is 78.1 Å². The van der Waals surface area contributed by atoms with Gasteiger partial charge in [0, 0.05) is 0 Å². The highest BCUT2D eigenvalue weighted by atomic mass is 19.0. The third kappa shape index (κ3) is 8.07. The van der Waals surface area contributed by atoms with Gasteiger partial charge >= 0.3 is 0 Å². The van der Waals surface area contributed by atoms with Gasteiger partial charge in [-0.15, -0.1) is 0 Å². The number of piperidine rings is 1. The highest BCUT2D eigenvalue weighted by Crippen LogP contribution is 2.15. The van der Waals surface area contributed by atoms with Crippen molar-refractivity contribution in [3.05, 3.63) is 0 Å². The second-order valence-corrected chi connectivity index (χ2v) is 6.00. The normalized spacial score (nSPS) is 23.7. The Kier molecular flexibility index (Phi) is 11.9. The summed E-state index contributed by atoms with van der Waals surface area (Å²) in [6.45, 7) is 8.99. The lowest BCUT2D eigenvalue weighted by molar-refractivity contribution is -0.906. The van der Waals surface area contributed by atoms with Crippen LogP contribution in [0.4, 0.5) is 0 Å². The first kappa shape index (κ1) is 17.9. The molecule has 0 bridgehead atoms. The quantitative estimate of drug-likeness (QED) is 0.573. The number of hydrogen-bond donors (Lipinski definition) is 1. The van der Waals surface area contributed by atoms with Crippen LogP contribution in [0.3, 0.4) is 0 Å². The summed E-state index contributed by atoms with van der Waals surface area (Å²) in [5, 5.41) is 0. The van der Waals surface area contributed by atoms with Crippen LogP contribution >= 0.6 is 0 Å². The Morgan fingerprint density at radius 1 is 0.833 bits per heavy atom. The van der Waals surface area contributed by atoms with E-state index in [1.54, 1.807) is 0 Å². The number of unbranched alkanes of at least 4 members (excludes halogenated alkanes) is 5. The summed E-state index contributed by atoms with van der Waals surface area (Å²) < 4.78 is 0. The number of rotatable bonds is 9. The highest BCUT2D eigenvalue weighted by molar-refractivity contribution is 4.61. The van der Waals surface area contributed by atoms with E-state index in [0.29, 0.717) is 0 Å². The molecule has 1 aliphatic rings. The topological polar surface area (TPSA) is 4.44 Å². The van der Waals surface area contributed by atoms with E-state index in [1.807, 2.05) is 4.90 Å².